The molecular weight excluding hydrogens is 184 g/mol. The van der Waals surface area contributed by atoms with Crippen molar-refractivity contribution in [3.05, 3.63) is 24.0 Å². The summed E-state index contributed by atoms with van der Waals surface area (Å²) in [5.41, 5.74) is 1.39. The Balaban J connectivity index is 1.77. The van der Waals surface area contributed by atoms with E-state index in [0.29, 0.717) is 6.04 Å². The predicted octanol–water partition coefficient (Wildman–Crippen LogP) is 2.69. The molecule has 0 aromatic carbocycles. The summed E-state index contributed by atoms with van der Waals surface area (Å²) < 4.78 is 2.11. The van der Waals surface area contributed by atoms with Crippen molar-refractivity contribution in [2.24, 2.45) is 13.0 Å². The molecule has 2 heteroatoms. The lowest BCUT2D eigenvalue weighted by Gasteiger charge is -2.19. The molecule has 2 nitrogen and oxygen atoms in total. The van der Waals surface area contributed by atoms with E-state index in [4.69, 9.17) is 0 Å². The average Bonchev–Trinajstić information content (AvgIpc) is 2.84. The van der Waals surface area contributed by atoms with Gasteiger partial charge in [-0.2, -0.15) is 0 Å². The lowest BCUT2D eigenvalue weighted by atomic mass is 10.00. The molecule has 0 bridgehead atoms. The lowest BCUT2D eigenvalue weighted by molar-refractivity contribution is 0.380. The first-order valence-corrected chi connectivity index (χ1v) is 6.10. The van der Waals surface area contributed by atoms with Crippen molar-refractivity contribution in [3.63, 3.8) is 0 Å². The first-order valence-electron chi connectivity index (χ1n) is 6.10. The number of aromatic nitrogens is 1. The van der Waals surface area contributed by atoms with Crippen LogP contribution in [0.4, 0.5) is 0 Å². The van der Waals surface area contributed by atoms with Crippen LogP contribution in [0.25, 0.3) is 0 Å². The Kier molecular flexibility index (Phi) is 3.47. The molecular formula is C13H22N2. The summed E-state index contributed by atoms with van der Waals surface area (Å²) in [4.78, 5) is 0. The zero-order valence-corrected chi connectivity index (χ0v) is 9.87. The van der Waals surface area contributed by atoms with Crippen molar-refractivity contribution in [1.82, 2.24) is 9.88 Å². The van der Waals surface area contributed by atoms with Gasteiger partial charge in [-0.15, -0.1) is 0 Å². The first-order chi connectivity index (χ1) is 7.25. The molecule has 1 fully saturated rings. The summed E-state index contributed by atoms with van der Waals surface area (Å²) in [6, 6.07) is 2.86. The van der Waals surface area contributed by atoms with Crippen molar-refractivity contribution in [1.29, 1.82) is 0 Å². The zero-order valence-electron chi connectivity index (χ0n) is 9.87. The van der Waals surface area contributed by atoms with Gasteiger partial charge in [0.25, 0.3) is 0 Å². The topological polar surface area (TPSA) is 17.0 Å². The molecule has 0 saturated heterocycles. The van der Waals surface area contributed by atoms with Crippen LogP contribution in [-0.4, -0.2) is 10.6 Å². The SMILES string of the molecule is C[C@H](NCc1ccn(C)c1)C1CCCC1. The second-order valence-corrected chi connectivity index (χ2v) is 4.90. The van der Waals surface area contributed by atoms with Gasteiger partial charge in [-0.3, -0.25) is 0 Å². The van der Waals surface area contributed by atoms with Gasteiger partial charge in [0.05, 0.1) is 0 Å². The summed E-state index contributed by atoms with van der Waals surface area (Å²) in [5, 5.41) is 3.64. The molecule has 0 amide bonds. The maximum Gasteiger partial charge on any atom is 0.0223 e. The molecule has 1 aliphatic rings. The smallest absolute Gasteiger partial charge is 0.0223 e. The van der Waals surface area contributed by atoms with Crippen LogP contribution in [-0.2, 0) is 13.6 Å². The minimum atomic E-state index is 0.674. The van der Waals surface area contributed by atoms with E-state index in [1.165, 1.54) is 31.2 Å². The van der Waals surface area contributed by atoms with Gasteiger partial charge >= 0.3 is 0 Å². The Bertz CT molecular complexity index is 297. The van der Waals surface area contributed by atoms with Gasteiger partial charge in [-0.05, 0) is 37.3 Å². The number of hydrogen-bond acceptors (Lipinski definition) is 1. The number of rotatable bonds is 4. The number of aryl methyl sites for hydroxylation is 1. The van der Waals surface area contributed by atoms with Gasteiger partial charge in [0.2, 0.25) is 0 Å². The van der Waals surface area contributed by atoms with Gasteiger partial charge < -0.3 is 9.88 Å². The van der Waals surface area contributed by atoms with E-state index in [1.54, 1.807) is 0 Å². The van der Waals surface area contributed by atoms with Gasteiger partial charge in [-0.1, -0.05) is 12.8 Å². The van der Waals surface area contributed by atoms with Crippen molar-refractivity contribution in [2.45, 2.75) is 45.2 Å². The molecule has 1 aromatic rings. The Labute approximate surface area is 92.7 Å². The highest BCUT2D eigenvalue weighted by molar-refractivity contribution is 5.09. The summed E-state index contributed by atoms with van der Waals surface area (Å²) in [6.07, 6.45) is 10.0. The van der Waals surface area contributed by atoms with E-state index >= 15 is 0 Å². The van der Waals surface area contributed by atoms with E-state index in [2.05, 4.69) is 42.3 Å². The van der Waals surface area contributed by atoms with Crippen molar-refractivity contribution < 1.29 is 0 Å². The highest BCUT2D eigenvalue weighted by Crippen LogP contribution is 2.27. The fraction of sp³-hybridized carbons (Fsp3) is 0.692. The van der Waals surface area contributed by atoms with Crippen LogP contribution in [0.2, 0.25) is 0 Å². The van der Waals surface area contributed by atoms with Crippen LogP contribution >= 0.6 is 0 Å². The molecule has 15 heavy (non-hydrogen) atoms. The van der Waals surface area contributed by atoms with E-state index in [-0.39, 0.29) is 0 Å². The van der Waals surface area contributed by atoms with Crippen LogP contribution in [0.3, 0.4) is 0 Å². The van der Waals surface area contributed by atoms with Crippen molar-refractivity contribution in [3.8, 4) is 0 Å². The first kappa shape index (κ1) is 10.7. The van der Waals surface area contributed by atoms with Gasteiger partial charge in [0.1, 0.15) is 0 Å². The summed E-state index contributed by atoms with van der Waals surface area (Å²) >= 11 is 0. The molecule has 1 aliphatic carbocycles. The maximum atomic E-state index is 3.64. The van der Waals surface area contributed by atoms with Crippen LogP contribution in [0.5, 0.6) is 0 Å². The highest BCUT2D eigenvalue weighted by Gasteiger charge is 2.20. The Hall–Kier alpha value is -0.760. The van der Waals surface area contributed by atoms with Crippen molar-refractivity contribution in [2.75, 3.05) is 0 Å². The zero-order chi connectivity index (χ0) is 10.7. The minimum Gasteiger partial charge on any atom is -0.357 e. The van der Waals surface area contributed by atoms with Gasteiger partial charge in [0, 0.05) is 32.0 Å². The highest BCUT2D eigenvalue weighted by atomic mass is 14.9. The quantitative estimate of drug-likeness (QED) is 0.801. The normalized spacial score (nSPS) is 19.6. The van der Waals surface area contributed by atoms with Crippen LogP contribution in [0, 0.1) is 5.92 Å². The largest absolute Gasteiger partial charge is 0.357 e. The summed E-state index contributed by atoms with van der Waals surface area (Å²) in [5.74, 6) is 0.911. The minimum absolute atomic E-state index is 0.674. The third-order valence-corrected chi connectivity index (χ3v) is 3.63. The lowest BCUT2D eigenvalue weighted by Crippen LogP contribution is -2.31. The third kappa shape index (κ3) is 2.85. The fourth-order valence-electron chi connectivity index (χ4n) is 2.57. The molecule has 1 heterocycles. The fourth-order valence-corrected chi connectivity index (χ4v) is 2.57. The molecule has 0 unspecified atom stereocenters. The monoisotopic (exact) mass is 206 g/mol. The molecule has 1 atom stereocenters. The van der Waals surface area contributed by atoms with E-state index in [0.717, 1.165) is 12.5 Å². The predicted molar refractivity (Wildman–Crippen MR) is 63.7 cm³/mol. The van der Waals surface area contributed by atoms with E-state index < -0.39 is 0 Å². The molecule has 2 rings (SSSR count). The molecule has 1 aromatic heterocycles. The second kappa shape index (κ2) is 4.84. The number of nitrogens with zero attached hydrogens (tertiary/aromatic N) is 1. The Morgan fingerprint density at radius 2 is 2.20 bits per heavy atom. The van der Waals surface area contributed by atoms with Crippen LogP contribution < -0.4 is 5.32 Å². The average molecular weight is 206 g/mol. The molecule has 0 radical (unpaired) electrons. The number of hydrogen-bond donors (Lipinski definition) is 1. The number of nitrogens with one attached hydrogen (secondary N) is 1. The third-order valence-electron chi connectivity index (χ3n) is 3.63. The van der Waals surface area contributed by atoms with Gasteiger partial charge in [-0.25, -0.2) is 0 Å². The Morgan fingerprint density at radius 3 is 2.80 bits per heavy atom. The molecule has 0 spiro atoms. The van der Waals surface area contributed by atoms with Crippen LogP contribution in [0.1, 0.15) is 38.2 Å². The van der Waals surface area contributed by atoms with E-state index in [1.807, 2.05) is 0 Å². The van der Waals surface area contributed by atoms with Gasteiger partial charge in [0.15, 0.2) is 0 Å². The molecule has 84 valence electrons. The van der Waals surface area contributed by atoms with Crippen LogP contribution in [0.15, 0.2) is 18.5 Å². The molecule has 1 N–H and O–H groups in total. The maximum absolute atomic E-state index is 3.64. The second-order valence-electron chi connectivity index (χ2n) is 4.90. The van der Waals surface area contributed by atoms with Crippen molar-refractivity contribution >= 4 is 0 Å². The molecule has 0 aliphatic heterocycles. The van der Waals surface area contributed by atoms with E-state index in [9.17, 15) is 0 Å². The summed E-state index contributed by atoms with van der Waals surface area (Å²) in [6.45, 7) is 3.34. The Morgan fingerprint density at radius 1 is 1.47 bits per heavy atom. The summed E-state index contributed by atoms with van der Waals surface area (Å²) in [7, 11) is 2.07. The standard InChI is InChI=1S/C13H22N2/c1-11(13-5-3-4-6-13)14-9-12-7-8-15(2)10-12/h7-8,10-11,13-14H,3-6,9H2,1-2H3/t11-/m0/s1. The molecule has 1 saturated carbocycles.